The van der Waals surface area contributed by atoms with Crippen LogP contribution in [0, 0.1) is 12.8 Å². The molecule has 0 saturated carbocycles. The summed E-state index contributed by atoms with van der Waals surface area (Å²) in [5, 5.41) is 10.7. The molecule has 5 rings (SSSR count). The first kappa shape index (κ1) is 31.0. The van der Waals surface area contributed by atoms with E-state index in [0.29, 0.717) is 11.7 Å². The number of urea groups is 1. The van der Waals surface area contributed by atoms with Crippen LogP contribution in [0.2, 0.25) is 0 Å². The molecule has 2 heterocycles. The normalized spacial score (nSPS) is 14.7. The molecule has 1 unspecified atom stereocenters. The summed E-state index contributed by atoms with van der Waals surface area (Å²) in [4.78, 5) is 28.1. The van der Waals surface area contributed by atoms with Crippen molar-refractivity contribution >= 4 is 23.4 Å². The van der Waals surface area contributed by atoms with E-state index in [9.17, 15) is 9.59 Å². The van der Waals surface area contributed by atoms with Gasteiger partial charge in [0.2, 0.25) is 0 Å². The van der Waals surface area contributed by atoms with Crippen LogP contribution in [0.25, 0.3) is 5.69 Å². The zero-order valence-corrected chi connectivity index (χ0v) is 26.3. The van der Waals surface area contributed by atoms with Crippen molar-refractivity contribution in [2.45, 2.75) is 58.5 Å². The Morgan fingerprint density at radius 2 is 1.59 bits per heavy atom. The van der Waals surface area contributed by atoms with Gasteiger partial charge in [-0.2, -0.15) is 5.10 Å². The number of amides is 3. The quantitative estimate of drug-likeness (QED) is 0.225. The van der Waals surface area contributed by atoms with Crippen LogP contribution in [0.3, 0.4) is 0 Å². The Morgan fingerprint density at radius 1 is 0.932 bits per heavy atom. The second kappa shape index (κ2) is 13.5. The Balaban J connectivity index is 1.15. The molecule has 3 aromatic carbocycles. The van der Waals surface area contributed by atoms with Gasteiger partial charge in [0.25, 0.3) is 5.91 Å². The minimum atomic E-state index is -0.561. The summed E-state index contributed by atoms with van der Waals surface area (Å²) in [6, 6.07) is 27.3. The Hall–Kier alpha value is -4.43. The van der Waals surface area contributed by atoms with Crippen molar-refractivity contribution in [3.8, 4) is 5.69 Å². The van der Waals surface area contributed by atoms with Crippen LogP contribution >= 0.6 is 0 Å². The topological polar surface area (TPSA) is 88.5 Å². The maximum atomic E-state index is 13.1. The highest BCUT2D eigenvalue weighted by molar-refractivity contribution is 5.99. The van der Waals surface area contributed by atoms with Gasteiger partial charge in [0.1, 0.15) is 5.82 Å². The second-order valence-corrected chi connectivity index (χ2v) is 12.7. The summed E-state index contributed by atoms with van der Waals surface area (Å²) in [5.41, 5.74) is 5.59. The van der Waals surface area contributed by atoms with Gasteiger partial charge in [-0.1, -0.05) is 80.9 Å². The van der Waals surface area contributed by atoms with Crippen LogP contribution in [0.5, 0.6) is 0 Å². The molecule has 230 valence electrons. The summed E-state index contributed by atoms with van der Waals surface area (Å²) in [6.07, 6.45) is 2.27. The predicted octanol–water partition coefficient (Wildman–Crippen LogP) is 7.29. The molecule has 1 aromatic heterocycles. The molecule has 0 spiro atoms. The first-order chi connectivity index (χ1) is 21.1. The van der Waals surface area contributed by atoms with E-state index in [2.05, 4.69) is 43.5 Å². The standard InChI is InChI=1S/C36H43N5O3/c1-25-11-17-30(18-12-25)41-32(24-31(39-41)36(2,3)4)38-35(43)37-29-15-13-26(14-16-29)23-27-19-21-40(22-20-27)34(42)33(44-5)28-9-7-6-8-10-28/h6-18,24,27,33H,19-23H2,1-5H3,(H2,37,38,43). The molecular weight excluding hydrogens is 550 g/mol. The third-order valence-corrected chi connectivity index (χ3v) is 8.22. The number of anilines is 2. The number of piperidine rings is 1. The lowest BCUT2D eigenvalue weighted by molar-refractivity contribution is -0.143. The Bertz CT molecular complexity index is 1550. The first-order valence-electron chi connectivity index (χ1n) is 15.3. The summed E-state index contributed by atoms with van der Waals surface area (Å²) in [7, 11) is 1.59. The van der Waals surface area contributed by atoms with E-state index >= 15 is 0 Å². The molecule has 44 heavy (non-hydrogen) atoms. The lowest BCUT2D eigenvalue weighted by Gasteiger charge is -2.34. The molecular formula is C36H43N5O3. The molecule has 1 fully saturated rings. The molecule has 8 nitrogen and oxygen atoms in total. The smallest absolute Gasteiger partial charge is 0.324 e. The number of methoxy groups -OCH3 is 1. The van der Waals surface area contributed by atoms with E-state index in [0.717, 1.165) is 60.5 Å². The number of carbonyl (C=O) groups excluding carboxylic acids is 2. The Kier molecular flexibility index (Phi) is 9.49. The average Bonchev–Trinajstić information content (AvgIpc) is 3.44. The predicted molar refractivity (Wildman–Crippen MR) is 175 cm³/mol. The van der Waals surface area contributed by atoms with Crippen LogP contribution in [0.15, 0.2) is 84.9 Å². The van der Waals surface area contributed by atoms with Crippen molar-refractivity contribution in [3.63, 3.8) is 0 Å². The molecule has 2 N–H and O–H groups in total. The van der Waals surface area contributed by atoms with Gasteiger partial charge in [0.15, 0.2) is 6.10 Å². The van der Waals surface area contributed by atoms with E-state index in [-0.39, 0.29) is 17.4 Å². The van der Waals surface area contributed by atoms with Gasteiger partial charge in [0.05, 0.1) is 11.4 Å². The van der Waals surface area contributed by atoms with Crippen molar-refractivity contribution in [1.82, 2.24) is 14.7 Å². The summed E-state index contributed by atoms with van der Waals surface area (Å²) < 4.78 is 7.34. The number of rotatable bonds is 8. The molecule has 1 aliphatic heterocycles. The largest absolute Gasteiger partial charge is 0.367 e. The summed E-state index contributed by atoms with van der Waals surface area (Å²) >= 11 is 0. The highest BCUT2D eigenvalue weighted by Crippen LogP contribution is 2.28. The number of hydrogen-bond acceptors (Lipinski definition) is 4. The number of aryl methyl sites for hydroxylation is 1. The maximum absolute atomic E-state index is 13.1. The van der Waals surface area contributed by atoms with E-state index in [4.69, 9.17) is 9.84 Å². The fourth-order valence-corrected chi connectivity index (χ4v) is 5.59. The van der Waals surface area contributed by atoms with E-state index < -0.39 is 6.10 Å². The Labute approximate surface area is 260 Å². The molecule has 4 aromatic rings. The minimum Gasteiger partial charge on any atom is -0.367 e. The van der Waals surface area contributed by atoms with Crippen molar-refractivity contribution in [3.05, 3.63) is 107 Å². The van der Waals surface area contributed by atoms with E-state index in [1.54, 1.807) is 11.8 Å². The molecule has 1 aliphatic rings. The molecule has 3 amide bonds. The fraction of sp³-hybridized carbons (Fsp3) is 0.361. The van der Waals surface area contributed by atoms with Crippen LogP contribution in [-0.4, -0.2) is 46.8 Å². The monoisotopic (exact) mass is 593 g/mol. The zero-order chi connectivity index (χ0) is 31.3. The molecule has 0 bridgehead atoms. The third-order valence-electron chi connectivity index (χ3n) is 8.22. The van der Waals surface area contributed by atoms with Gasteiger partial charge in [-0.3, -0.25) is 10.1 Å². The second-order valence-electron chi connectivity index (χ2n) is 12.7. The number of benzene rings is 3. The van der Waals surface area contributed by atoms with Gasteiger partial charge >= 0.3 is 6.03 Å². The number of aromatic nitrogens is 2. The van der Waals surface area contributed by atoms with Crippen LogP contribution in [-0.2, 0) is 21.4 Å². The van der Waals surface area contributed by atoms with E-state index in [1.807, 2.05) is 84.6 Å². The van der Waals surface area contributed by atoms with Crippen molar-refractivity contribution in [1.29, 1.82) is 0 Å². The number of likely N-dealkylation sites (tertiary alicyclic amines) is 1. The van der Waals surface area contributed by atoms with Gasteiger partial charge in [-0.25, -0.2) is 9.48 Å². The minimum absolute atomic E-state index is 0.0300. The van der Waals surface area contributed by atoms with Crippen molar-refractivity contribution in [2.75, 3.05) is 30.8 Å². The van der Waals surface area contributed by atoms with Gasteiger partial charge in [0, 0.05) is 37.4 Å². The third kappa shape index (κ3) is 7.55. The lowest BCUT2D eigenvalue weighted by Crippen LogP contribution is -2.41. The Morgan fingerprint density at radius 3 is 2.20 bits per heavy atom. The number of hydrogen-bond donors (Lipinski definition) is 2. The van der Waals surface area contributed by atoms with Gasteiger partial charge < -0.3 is 15.0 Å². The zero-order valence-electron chi connectivity index (χ0n) is 26.3. The molecule has 0 aliphatic carbocycles. The molecule has 1 atom stereocenters. The van der Waals surface area contributed by atoms with Crippen LogP contribution < -0.4 is 10.6 Å². The molecule has 1 saturated heterocycles. The van der Waals surface area contributed by atoms with Gasteiger partial charge in [-0.15, -0.1) is 0 Å². The van der Waals surface area contributed by atoms with Gasteiger partial charge in [-0.05, 0) is 67.5 Å². The van der Waals surface area contributed by atoms with Crippen molar-refractivity contribution < 1.29 is 14.3 Å². The number of carbonyl (C=O) groups is 2. The highest BCUT2D eigenvalue weighted by atomic mass is 16.5. The molecule has 0 radical (unpaired) electrons. The van der Waals surface area contributed by atoms with Crippen LogP contribution in [0.1, 0.15) is 62.1 Å². The number of ether oxygens (including phenoxy) is 1. The average molecular weight is 594 g/mol. The summed E-state index contributed by atoms with van der Waals surface area (Å²) in [6.45, 7) is 9.81. The maximum Gasteiger partial charge on any atom is 0.324 e. The van der Waals surface area contributed by atoms with Crippen molar-refractivity contribution in [2.24, 2.45) is 5.92 Å². The van der Waals surface area contributed by atoms with Crippen LogP contribution in [0.4, 0.5) is 16.3 Å². The lowest BCUT2D eigenvalue weighted by atomic mass is 9.90. The molecule has 8 heteroatoms. The first-order valence-corrected chi connectivity index (χ1v) is 15.3. The summed E-state index contributed by atoms with van der Waals surface area (Å²) in [5.74, 6) is 1.14. The SMILES string of the molecule is COC(C(=O)N1CCC(Cc2ccc(NC(=O)Nc3cc(C(C)(C)C)nn3-c3ccc(C)cc3)cc2)CC1)c1ccccc1. The fourth-order valence-electron chi connectivity index (χ4n) is 5.59. The van der Waals surface area contributed by atoms with E-state index in [1.165, 1.54) is 5.56 Å². The highest BCUT2D eigenvalue weighted by Gasteiger charge is 2.29. The number of nitrogens with one attached hydrogen (secondary N) is 2. The number of nitrogens with zero attached hydrogens (tertiary/aromatic N) is 3.